The lowest BCUT2D eigenvalue weighted by Crippen LogP contribution is -2.58. The number of rotatable bonds is 15. The molecule has 3 saturated heterocycles. The van der Waals surface area contributed by atoms with Gasteiger partial charge in [0.15, 0.2) is 16.9 Å². The second-order valence-corrected chi connectivity index (χ2v) is 37.8. The summed E-state index contributed by atoms with van der Waals surface area (Å²) in [5.74, 6) is -0.842. The van der Waals surface area contributed by atoms with Crippen molar-refractivity contribution in [3.8, 4) is 50.8 Å². The van der Waals surface area contributed by atoms with Crippen LogP contribution in [0, 0.1) is 38.2 Å². The molecular weight excluding hydrogens is 1790 g/mol. The fourth-order valence-electron chi connectivity index (χ4n) is 19.5. The standard InChI is InChI=1S/C34H36ClFN8O2.2C34H35ClFN7O2/c1-8-26(45)42-14-20(6)43(15-19(42)5)32-21-13-22(35)29(28-23(36)10-9-11-24(28)37)39-33(21)44(34(46)40-32)31-18(4)12-25-30(27(31)17(2)3)38-16-41(25)7;2*1-8-27(44)41-15-21(6)42(16-20(41)5)32-23-14-24(35)29(22-11-9-10-12-25(22)36)38-33(23)43(34(45)39-32)31-19(4)13-26-30(28(31)18(2)3)37-17-40(26)7/h8-13,16-17,19-20H,1,14-15,37H2,2-7H3;2*8-14,17-18,20-21H,1,15-16H2,2-7H3/t19-,20+;2*20-,21+/m111/s1. The number of nitrogens with zero attached hydrogens (tertiary/aromatic N) is 21. The van der Waals surface area contributed by atoms with E-state index in [4.69, 9.17) is 65.5 Å². The largest absolute Gasteiger partial charge is 0.398 e. The quantitative estimate of drug-likeness (QED) is 0.0736. The molecule has 0 bridgehead atoms. The predicted octanol–water partition coefficient (Wildman–Crippen LogP) is 18.1. The zero-order valence-electron chi connectivity index (χ0n) is 79.0. The van der Waals surface area contributed by atoms with Gasteiger partial charge >= 0.3 is 17.1 Å². The fraction of sp³-hybridized carbons (Fsp3) is 0.324. The van der Waals surface area contributed by atoms with Gasteiger partial charge in [-0.2, -0.15) is 15.0 Å². The molecule has 12 heterocycles. The number of hydrogen-bond donors (Lipinski definition) is 1. The lowest BCUT2D eigenvalue weighted by atomic mass is 9.95. The summed E-state index contributed by atoms with van der Waals surface area (Å²) in [6.45, 7) is 43.3. The Bertz CT molecular complexity index is 7350. The van der Waals surface area contributed by atoms with Crippen molar-refractivity contribution < 1.29 is 27.6 Å². The van der Waals surface area contributed by atoms with E-state index in [2.05, 4.69) is 67.4 Å². The Hall–Kier alpha value is -13.9. The molecule has 15 aromatic rings. The molecule has 0 aliphatic carbocycles. The van der Waals surface area contributed by atoms with Crippen LogP contribution in [0.1, 0.15) is 134 Å². The maximum atomic E-state index is 15.3. The summed E-state index contributed by atoms with van der Waals surface area (Å²) in [7, 11) is 5.80. The average Bonchev–Trinajstić information content (AvgIpc) is 1.22. The van der Waals surface area contributed by atoms with Crippen molar-refractivity contribution in [2.75, 3.05) is 59.7 Å². The highest BCUT2D eigenvalue weighted by atomic mass is 35.5. The van der Waals surface area contributed by atoms with Crippen molar-refractivity contribution in [3.05, 3.63) is 257 Å². The van der Waals surface area contributed by atoms with Gasteiger partial charge in [0.1, 0.15) is 34.9 Å². The Morgan fingerprint density at radius 1 is 0.404 bits per heavy atom. The molecule has 136 heavy (non-hydrogen) atoms. The first kappa shape index (κ1) is 95.3. The zero-order valence-corrected chi connectivity index (χ0v) is 81.3. The summed E-state index contributed by atoms with van der Waals surface area (Å²) in [6.07, 6.45) is 9.20. The van der Waals surface area contributed by atoms with E-state index >= 15 is 13.2 Å². The van der Waals surface area contributed by atoms with Crippen molar-refractivity contribution in [1.29, 1.82) is 0 Å². The normalized spacial score (nSPS) is 17.1. The molecule has 9 aromatic heterocycles. The number of aryl methyl sites for hydroxylation is 6. The second kappa shape index (κ2) is 37.4. The van der Waals surface area contributed by atoms with Crippen LogP contribution in [0.2, 0.25) is 15.1 Å². The summed E-state index contributed by atoms with van der Waals surface area (Å²) in [5.41, 5.74) is 18.9. The van der Waals surface area contributed by atoms with E-state index in [0.717, 1.165) is 66.5 Å². The number of anilines is 4. The van der Waals surface area contributed by atoms with Crippen LogP contribution >= 0.6 is 34.8 Å². The summed E-state index contributed by atoms with van der Waals surface area (Å²) in [4.78, 5) is 135. The number of benzene rings is 6. The Balaban J connectivity index is 0.000000148. The van der Waals surface area contributed by atoms with Crippen LogP contribution in [-0.4, -0.2) is 180 Å². The maximum absolute atomic E-state index is 15.3. The Labute approximate surface area is 798 Å². The lowest BCUT2D eigenvalue weighted by molar-refractivity contribution is -0.129. The van der Waals surface area contributed by atoms with Crippen molar-refractivity contribution in [2.45, 2.75) is 158 Å². The Morgan fingerprint density at radius 3 is 0.978 bits per heavy atom. The van der Waals surface area contributed by atoms with Gasteiger partial charge in [0.05, 0.1) is 123 Å². The molecule has 0 saturated carbocycles. The Kier molecular flexibility index (Phi) is 26.2. The highest BCUT2D eigenvalue weighted by molar-refractivity contribution is 6.35. The first-order valence-corrected chi connectivity index (χ1v) is 46.2. The van der Waals surface area contributed by atoms with Gasteiger partial charge < -0.3 is 48.8 Å². The molecule has 3 amide bonds. The van der Waals surface area contributed by atoms with Crippen LogP contribution in [0.3, 0.4) is 0 Å². The van der Waals surface area contributed by atoms with Crippen molar-refractivity contribution in [3.63, 3.8) is 0 Å². The highest BCUT2D eigenvalue weighted by Crippen LogP contribution is 2.45. The van der Waals surface area contributed by atoms with Crippen LogP contribution in [0.25, 0.3) is 117 Å². The number of pyridine rings is 3. The van der Waals surface area contributed by atoms with E-state index in [-0.39, 0.29) is 132 Å². The van der Waals surface area contributed by atoms with Crippen LogP contribution in [0.15, 0.2) is 174 Å². The number of nitrogen functional groups attached to an aromatic ring is 1. The summed E-state index contributed by atoms with van der Waals surface area (Å²) in [5, 5.41) is 2.18. The van der Waals surface area contributed by atoms with E-state index in [0.29, 0.717) is 101 Å². The minimum atomic E-state index is -0.587. The van der Waals surface area contributed by atoms with Gasteiger partial charge in [-0.15, -0.1) is 0 Å². The molecule has 18 rings (SSSR count). The van der Waals surface area contributed by atoms with Crippen LogP contribution < -0.4 is 37.5 Å². The summed E-state index contributed by atoms with van der Waals surface area (Å²) < 4.78 is 55.9. The van der Waals surface area contributed by atoms with Crippen LogP contribution in [0.4, 0.5) is 36.3 Å². The predicted molar refractivity (Wildman–Crippen MR) is 535 cm³/mol. The van der Waals surface area contributed by atoms with Gasteiger partial charge in [0.2, 0.25) is 17.7 Å². The van der Waals surface area contributed by atoms with E-state index in [1.165, 1.54) is 56.2 Å². The molecule has 3 aliphatic heterocycles. The van der Waals surface area contributed by atoms with Crippen molar-refractivity contribution >= 4 is 142 Å². The third-order valence-corrected chi connectivity index (χ3v) is 27.0. The molecule has 3 fully saturated rings. The first-order valence-electron chi connectivity index (χ1n) is 45.1. The molecule has 0 unspecified atom stereocenters. The smallest absolute Gasteiger partial charge is 0.355 e. The fourth-order valence-corrected chi connectivity index (χ4v) is 20.3. The molecule has 3 aliphatic rings. The van der Waals surface area contributed by atoms with E-state index in [1.54, 1.807) is 94.3 Å². The summed E-state index contributed by atoms with van der Waals surface area (Å²) >= 11 is 20.6. The van der Waals surface area contributed by atoms with Gasteiger partial charge in [-0.25, -0.2) is 71.2 Å². The topological polar surface area (TPSA) is 293 Å². The Morgan fingerprint density at radius 2 is 0.691 bits per heavy atom. The van der Waals surface area contributed by atoms with Crippen LogP contribution in [0.5, 0.6) is 0 Å². The SMILES string of the molecule is C=CC(=O)N1C[C@H](C)N(c2nc(=O)n(-c3c(C)cc4c(ncn4C)c3C(C)C)c3nc(-c4c(N)cccc4F)c(Cl)cc23)C[C@H]1C.C=CC(=O)N1C[C@H](C)N(c2nc(=O)n(-c3c(C)cc4c(ncn4C)c3C(C)C)c3nc(-c4ccccc4F)c(Cl)cc23)C[C@H]1C.C=CC(=O)N1C[C@H](C)N(c2nc(=O)n(-c3c(C)cc4c(ncn4C)c3C(C)C)c3nc(-c4ccccc4F)c(Cl)cc23)C[C@H]1C. The van der Waals surface area contributed by atoms with E-state index in [1.807, 2.05) is 144 Å². The maximum Gasteiger partial charge on any atom is 0.355 e. The number of carbonyl (C=O) groups is 3. The monoisotopic (exact) mass is 1900 g/mol. The molecule has 28 nitrogen and oxygen atoms in total. The lowest BCUT2D eigenvalue weighted by Gasteiger charge is -2.44. The number of halogens is 6. The molecule has 6 atom stereocenters. The highest BCUT2D eigenvalue weighted by Gasteiger charge is 2.40. The first-order chi connectivity index (χ1) is 64.7. The number of fused-ring (bicyclic) bond motifs is 6. The number of imidazole rings is 3. The average molecular weight is 1900 g/mol. The molecule has 6 aromatic carbocycles. The van der Waals surface area contributed by atoms with Gasteiger partial charge in [0.25, 0.3) is 0 Å². The number of amides is 3. The number of nitrogens with two attached hydrogens (primary N) is 1. The molecule has 34 heteroatoms. The second-order valence-electron chi connectivity index (χ2n) is 36.5. The van der Waals surface area contributed by atoms with Crippen molar-refractivity contribution in [1.82, 2.24) is 87.0 Å². The third kappa shape index (κ3) is 16.7. The van der Waals surface area contributed by atoms with Gasteiger partial charge in [-0.1, -0.05) is 126 Å². The van der Waals surface area contributed by atoms with Gasteiger partial charge in [-0.3, -0.25) is 14.4 Å². The number of carbonyl (C=O) groups excluding carboxylic acids is 3. The molecule has 702 valence electrons. The minimum absolute atomic E-state index is 0.00592. The number of hydrogen-bond acceptors (Lipinski definition) is 19. The molecule has 2 N–H and O–H groups in total. The minimum Gasteiger partial charge on any atom is -0.398 e. The number of piperazine rings is 3. The van der Waals surface area contributed by atoms with Crippen molar-refractivity contribution in [2.24, 2.45) is 21.1 Å². The molecular formula is C102H106Cl3F3N22O6. The molecule has 0 radical (unpaired) electrons. The van der Waals surface area contributed by atoms with Crippen LogP contribution in [-0.2, 0) is 35.5 Å². The zero-order chi connectivity index (χ0) is 97.8. The van der Waals surface area contributed by atoms with Gasteiger partial charge in [0, 0.05) is 130 Å². The van der Waals surface area contributed by atoms with Gasteiger partial charge in [-0.05, 0) is 188 Å². The van der Waals surface area contributed by atoms with E-state index in [9.17, 15) is 28.8 Å². The summed E-state index contributed by atoms with van der Waals surface area (Å²) in [6, 6.07) is 27.0. The molecule has 0 spiro atoms. The number of aromatic nitrogens is 15. The van der Waals surface area contributed by atoms with E-state index < -0.39 is 34.5 Å². The third-order valence-electron chi connectivity index (χ3n) is 26.2.